The van der Waals surface area contributed by atoms with Gasteiger partial charge in [-0.2, -0.15) is 0 Å². The number of hydrogen-bond donors (Lipinski definition) is 2. The summed E-state index contributed by atoms with van der Waals surface area (Å²) in [7, 11) is 1.63. The van der Waals surface area contributed by atoms with Gasteiger partial charge in [-0.3, -0.25) is 10.1 Å². The second-order valence-electron chi connectivity index (χ2n) is 3.97. The van der Waals surface area contributed by atoms with E-state index in [0.717, 1.165) is 16.7 Å². The molecule has 1 unspecified atom stereocenters. The molecule has 1 aromatic carbocycles. The molecule has 0 aliphatic carbocycles. The van der Waals surface area contributed by atoms with Gasteiger partial charge in [0, 0.05) is 12.4 Å². The van der Waals surface area contributed by atoms with Crippen molar-refractivity contribution in [3.8, 4) is 0 Å². The van der Waals surface area contributed by atoms with Gasteiger partial charge in [-0.05, 0) is 19.1 Å². The summed E-state index contributed by atoms with van der Waals surface area (Å²) in [6, 6.07) is 9.61. The molecule has 0 aliphatic rings. The third-order valence-electron chi connectivity index (χ3n) is 2.70. The van der Waals surface area contributed by atoms with Gasteiger partial charge in [0.15, 0.2) is 0 Å². The van der Waals surface area contributed by atoms with Crippen molar-refractivity contribution in [3.63, 3.8) is 0 Å². The third kappa shape index (κ3) is 2.65. The van der Waals surface area contributed by atoms with Crippen molar-refractivity contribution in [2.75, 3.05) is 7.05 Å². The van der Waals surface area contributed by atoms with Crippen LogP contribution in [0.25, 0.3) is 11.0 Å². The predicted octanol–water partition coefficient (Wildman–Crippen LogP) is 1.66. The second-order valence-corrected chi connectivity index (χ2v) is 3.97. The maximum absolute atomic E-state index is 11.3. The van der Waals surface area contributed by atoms with Crippen LogP contribution in [0.15, 0.2) is 34.7 Å². The topological polar surface area (TPSA) is 54.3 Å². The van der Waals surface area contributed by atoms with Crippen LogP contribution in [0.5, 0.6) is 0 Å². The van der Waals surface area contributed by atoms with Crippen molar-refractivity contribution in [2.24, 2.45) is 0 Å². The zero-order valence-corrected chi connectivity index (χ0v) is 9.99. The molecule has 0 spiro atoms. The van der Waals surface area contributed by atoms with E-state index in [1.54, 1.807) is 7.05 Å². The van der Waals surface area contributed by atoms with Crippen molar-refractivity contribution in [3.05, 3.63) is 36.1 Å². The van der Waals surface area contributed by atoms with Crippen molar-refractivity contribution >= 4 is 16.9 Å². The summed E-state index contributed by atoms with van der Waals surface area (Å²) in [5, 5.41) is 6.78. The van der Waals surface area contributed by atoms with Crippen molar-refractivity contribution in [1.82, 2.24) is 10.6 Å². The van der Waals surface area contributed by atoms with Crippen LogP contribution in [-0.4, -0.2) is 19.0 Å². The first-order chi connectivity index (χ1) is 8.20. The normalized spacial score (nSPS) is 12.6. The minimum Gasteiger partial charge on any atom is -0.460 e. The number of carbonyl (C=O) groups is 1. The van der Waals surface area contributed by atoms with Gasteiger partial charge in [0.1, 0.15) is 11.3 Å². The van der Waals surface area contributed by atoms with Crippen molar-refractivity contribution in [2.45, 2.75) is 19.5 Å². The number of furan rings is 1. The van der Waals surface area contributed by atoms with Gasteiger partial charge in [-0.25, -0.2) is 0 Å². The fourth-order valence-corrected chi connectivity index (χ4v) is 1.69. The summed E-state index contributed by atoms with van der Waals surface area (Å²) in [6.45, 7) is 2.37. The number of likely N-dealkylation sites (N-methyl/N-ethyl adjacent to an activating group) is 1. The van der Waals surface area contributed by atoms with E-state index in [2.05, 4.69) is 10.6 Å². The molecule has 0 fully saturated rings. The molecule has 1 aromatic heterocycles. The summed E-state index contributed by atoms with van der Waals surface area (Å²) in [6.07, 6.45) is 0. The minimum atomic E-state index is -0.229. The molecule has 0 radical (unpaired) electrons. The summed E-state index contributed by atoms with van der Waals surface area (Å²) in [4.78, 5) is 11.3. The Morgan fingerprint density at radius 2 is 2.18 bits per heavy atom. The largest absolute Gasteiger partial charge is 0.460 e. The smallest absolute Gasteiger partial charge is 0.236 e. The molecule has 1 atom stereocenters. The number of para-hydroxylation sites is 1. The van der Waals surface area contributed by atoms with E-state index in [-0.39, 0.29) is 11.9 Å². The molecule has 0 saturated heterocycles. The molecule has 1 heterocycles. The number of amides is 1. The fraction of sp³-hybridized carbons (Fsp3) is 0.308. The maximum atomic E-state index is 11.3. The summed E-state index contributed by atoms with van der Waals surface area (Å²) < 4.78 is 5.64. The number of rotatable bonds is 4. The number of benzene rings is 1. The molecule has 0 saturated carbocycles. The van der Waals surface area contributed by atoms with Gasteiger partial charge in [0.05, 0.1) is 12.6 Å². The highest BCUT2D eigenvalue weighted by molar-refractivity contribution is 5.81. The van der Waals surface area contributed by atoms with Crippen LogP contribution in [0.1, 0.15) is 12.7 Å². The quantitative estimate of drug-likeness (QED) is 0.843. The standard InChI is InChI=1S/C13H16N2O2/c1-9(13(16)14-2)15-8-11-7-10-5-3-4-6-12(10)17-11/h3-7,9,15H,8H2,1-2H3,(H,14,16). The van der Waals surface area contributed by atoms with Crippen LogP contribution in [0, 0.1) is 0 Å². The first-order valence-corrected chi connectivity index (χ1v) is 5.63. The van der Waals surface area contributed by atoms with Crippen molar-refractivity contribution < 1.29 is 9.21 Å². The Kier molecular flexibility index (Phi) is 3.44. The molecule has 2 rings (SSSR count). The van der Waals surface area contributed by atoms with Gasteiger partial charge in [-0.1, -0.05) is 18.2 Å². The molecule has 2 N–H and O–H groups in total. The van der Waals surface area contributed by atoms with Gasteiger partial charge >= 0.3 is 0 Å². The molecular formula is C13H16N2O2. The lowest BCUT2D eigenvalue weighted by molar-refractivity contribution is -0.122. The number of carbonyl (C=O) groups excluding carboxylic acids is 1. The van der Waals surface area contributed by atoms with Gasteiger partial charge < -0.3 is 9.73 Å². The van der Waals surface area contributed by atoms with E-state index in [9.17, 15) is 4.79 Å². The highest BCUT2D eigenvalue weighted by Crippen LogP contribution is 2.18. The van der Waals surface area contributed by atoms with Crippen LogP contribution in [-0.2, 0) is 11.3 Å². The van der Waals surface area contributed by atoms with Crippen LogP contribution in [0.2, 0.25) is 0 Å². The van der Waals surface area contributed by atoms with Gasteiger partial charge in [-0.15, -0.1) is 0 Å². The molecule has 17 heavy (non-hydrogen) atoms. The average molecular weight is 232 g/mol. The fourth-order valence-electron chi connectivity index (χ4n) is 1.69. The van der Waals surface area contributed by atoms with Gasteiger partial charge in [0.25, 0.3) is 0 Å². The first kappa shape index (κ1) is 11.7. The highest BCUT2D eigenvalue weighted by Gasteiger charge is 2.11. The third-order valence-corrected chi connectivity index (χ3v) is 2.70. The van der Waals surface area contributed by atoms with Gasteiger partial charge in [0.2, 0.25) is 5.91 Å². The predicted molar refractivity (Wildman–Crippen MR) is 66.6 cm³/mol. The van der Waals surface area contributed by atoms with E-state index >= 15 is 0 Å². The van der Waals surface area contributed by atoms with Crippen LogP contribution >= 0.6 is 0 Å². The van der Waals surface area contributed by atoms with Crippen molar-refractivity contribution in [1.29, 1.82) is 0 Å². The van der Waals surface area contributed by atoms with E-state index < -0.39 is 0 Å². The molecular weight excluding hydrogens is 216 g/mol. The van der Waals surface area contributed by atoms with Crippen LogP contribution in [0.4, 0.5) is 0 Å². The zero-order valence-electron chi connectivity index (χ0n) is 9.99. The van der Waals surface area contributed by atoms with E-state index in [4.69, 9.17) is 4.42 Å². The minimum absolute atomic E-state index is 0.0267. The molecule has 4 heteroatoms. The Hall–Kier alpha value is -1.81. The molecule has 0 aliphatic heterocycles. The first-order valence-electron chi connectivity index (χ1n) is 5.63. The maximum Gasteiger partial charge on any atom is 0.236 e. The zero-order chi connectivity index (χ0) is 12.3. The summed E-state index contributed by atoms with van der Waals surface area (Å²) in [5.41, 5.74) is 0.872. The number of hydrogen-bond acceptors (Lipinski definition) is 3. The lowest BCUT2D eigenvalue weighted by atomic mass is 10.2. The summed E-state index contributed by atoms with van der Waals surface area (Å²) in [5.74, 6) is 0.808. The van der Waals surface area contributed by atoms with E-state index in [0.29, 0.717) is 6.54 Å². The Morgan fingerprint density at radius 3 is 2.88 bits per heavy atom. The lowest BCUT2D eigenvalue weighted by Gasteiger charge is -2.10. The Labute approximate surface area is 100.0 Å². The average Bonchev–Trinajstić information content (AvgIpc) is 2.77. The molecule has 4 nitrogen and oxygen atoms in total. The Bertz CT molecular complexity index is 486. The Balaban J connectivity index is 2.01. The SMILES string of the molecule is CNC(=O)C(C)NCc1cc2ccccc2o1. The monoisotopic (exact) mass is 232 g/mol. The van der Waals surface area contributed by atoms with E-state index in [1.165, 1.54) is 0 Å². The molecule has 2 aromatic rings. The molecule has 90 valence electrons. The second kappa shape index (κ2) is 5.01. The number of nitrogens with one attached hydrogen (secondary N) is 2. The highest BCUT2D eigenvalue weighted by atomic mass is 16.3. The number of fused-ring (bicyclic) bond motifs is 1. The van der Waals surface area contributed by atoms with E-state index in [1.807, 2.05) is 37.3 Å². The molecule has 0 bridgehead atoms. The molecule has 1 amide bonds. The Morgan fingerprint density at radius 1 is 1.41 bits per heavy atom. The lowest BCUT2D eigenvalue weighted by Crippen LogP contribution is -2.40. The summed E-state index contributed by atoms with van der Waals surface area (Å²) >= 11 is 0. The van der Waals surface area contributed by atoms with Crippen LogP contribution in [0.3, 0.4) is 0 Å². The van der Waals surface area contributed by atoms with Crippen LogP contribution < -0.4 is 10.6 Å².